The van der Waals surface area contributed by atoms with Crippen LogP contribution in [0.25, 0.3) is 0 Å². The largest absolute Gasteiger partial charge is 0.493 e. The van der Waals surface area contributed by atoms with Gasteiger partial charge in [0.2, 0.25) is 0 Å². The lowest BCUT2D eigenvalue weighted by Crippen LogP contribution is -2.04. The van der Waals surface area contributed by atoms with E-state index < -0.39 is 0 Å². The number of aryl methyl sites for hydroxylation is 2. The van der Waals surface area contributed by atoms with E-state index in [0.29, 0.717) is 23.6 Å². The summed E-state index contributed by atoms with van der Waals surface area (Å²) in [6.07, 6.45) is 0. The second kappa shape index (κ2) is 9.11. The number of hydrogen-bond donors (Lipinski definition) is 1. The van der Waals surface area contributed by atoms with Gasteiger partial charge in [0.15, 0.2) is 11.5 Å². The van der Waals surface area contributed by atoms with Gasteiger partial charge in [-0.3, -0.25) is 0 Å². The molecule has 0 aliphatic carbocycles. The van der Waals surface area contributed by atoms with Crippen LogP contribution in [0.1, 0.15) is 22.3 Å². The number of methoxy groups -OCH3 is 1. The SMILES string of the molecule is COc1cc(CNc2ccc(C)c(C)c2)c(Br)cc1OCc1ccccc1F. The predicted octanol–water partition coefficient (Wildman–Crippen LogP) is 6.40. The summed E-state index contributed by atoms with van der Waals surface area (Å²) in [5.74, 6) is 0.888. The number of hydrogen-bond acceptors (Lipinski definition) is 3. The van der Waals surface area contributed by atoms with Crippen molar-refractivity contribution in [2.45, 2.75) is 27.0 Å². The van der Waals surface area contributed by atoms with Crippen molar-refractivity contribution in [1.29, 1.82) is 0 Å². The first-order valence-electron chi connectivity index (χ1n) is 9.01. The number of nitrogens with one attached hydrogen (secondary N) is 1. The standard InChI is InChI=1S/C23H23BrFNO2/c1-15-8-9-19(10-16(15)2)26-13-18-11-22(27-3)23(12-20(18)24)28-14-17-6-4-5-7-21(17)25/h4-12,26H,13-14H2,1-3H3. The molecule has 0 atom stereocenters. The lowest BCUT2D eigenvalue weighted by molar-refractivity contribution is 0.279. The molecular formula is C23H23BrFNO2. The van der Waals surface area contributed by atoms with E-state index in [1.807, 2.05) is 12.1 Å². The van der Waals surface area contributed by atoms with Crippen LogP contribution >= 0.6 is 15.9 Å². The average molecular weight is 444 g/mol. The fourth-order valence-corrected chi connectivity index (χ4v) is 3.27. The molecule has 5 heteroatoms. The van der Waals surface area contributed by atoms with Gasteiger partial charge >= 0.3 is 0 Å². The van der Waals surface area contributed by atoms with Crippen molar-refractivity contribution in [3.05, 3.63) is 87.1 Å². The van der Waals surface area contributed by atoms with Gasteiger partial charge in [-0.1, -0.05) is 40.2 Å². The molecule has 0 fully saturated rings. The highest BCUT2D eigenvalue weighted by atomic mass is 79.9. The van der Waals surface area contributed by atoms with Crippen molar-refractivity contribution >= 4 is 21.6 Å². The molecule has 0 spiro atoms. The van der Waals surface area contributed by atoms with Gasteiger partial charge in [-0.25, -0.2) is 4.39 Å². The summed E-state index contributed by atoms with van der Waals surface area (Å²) < 4.78 is 26.0. The van der Waals surface area contributed by atoms with E-state index in [1.54, 1.807) is 25.3 Å². The van der Waals surface area contributed by atoms with Crippen LogP contribution in [-0.4, -0.2) is 7.11 Å². The van der Waals surface area contributed by atoms with E-state index >= 15 is 0 Å². The highest BCUT2D eigenvalue weighted by Gasteiger charge is 2.12. The Labute approximate surface area is 173 Å². The highest BCUT2D eigenvalue weighted by molar-refractivity contribution is 9.10. The third-order valence-electron chi connectivity index (χ3n) is 4.66. The summed E-state index contributed by atoms with van der Waals surface area (Å²) in [7, 11) is 1.60. The van der Waals surface area contributed by atoms with E-state index in [2.05, 4.69) is 53.3 Å². The Morgan fingerprint density at radius 2 is 1.71 bits per heavy atom. The molecule has 0 heterocycles. The topological polar surface area (TPSA) is 30.5 Å². The molecule has 0 aromatic heterocycles. The molecule has 1 N–H and O–H groups in total. The first kappa shape index (κ1) is 20.2. The number of anilines is 1. The molecule has 0 saturated heterocycles. The molecule has 3 aromatic carbocycles. The summed E-state index contributed by atoms with van der Waals surface area (Å²) in [6, 6.07) is 16.7. The van der Waals surface area contributed by atoms with E-state index in [-0.39, 0.29) is 12.4 Å². The Balaban J connectivity index is 1.73. The third kappa shape index (κ3) is 4.84. The monoisotopic (exact) mass is 443 g/mol. The van der Waals surface area contributed by atoms with Crippen molar-refractivity contribution in [3.63, 3.8) is 0 Å². The fraction of sp³-hybridized carbons (Fsp3) is 0.217. The first-order chi connectivity index (χ1) is 13.5. The molecule has 146 valence electrons. The van der Waals surface area contributed by atoms with Crippen molar-refractivity contribution in [2.24, 2.45) is 0 Å². The van der Waals surface area contributed by atoms with E-state index in [0.717, 1.165) is 15.7 Å². The molecule has 0 amide bonds. The maximum atomic E-state index is 13.8. The smallest absolute Gasteiger partial charge is 0.162 e. The third-order valence-corrected chi connectivity index (χ3v) is 5.40. The van der Waals surface area contributed by atoms with Crippen LogP contribution in [-0.2, 0) is 13.2 Å². The van der Waals surface area contributed by atoms with Crippen LogP contribution in [0.3, 0.4) is 0 Å². The lowest BCUT2D eigenvalue weighted by atomic mass is 10.1. The number of benzene rings is 3. The van der Waals surface area contributed by atoms with E-state index in [4.69, 9.17) is 9.47 Å². The summed E-state index contributed by atoms with van der Waals surface area (Å²) in [6.45, 7) is 4.96. The molecule has 0 aliphatic rings. The normalized spacial score (nSPS) is 10.6. The van der Waals surface area contributed by atoms with Gasteiger partial charge in [-0.2, -0.15) is 0 Å². The van der Waals surface area contributed by atoms with Gasteiger partial charge in [0.25, 0.3) is 0 Å². The molecular weight excluding hydrogens is 421 g/mol. The van der Waals surface area contributed by atoms with Crippen LogP contribution in [0.5, 0.6) is 11.5 Å². The maximum Gasteiger partial charge on any atom is 0.162 e. The quantitative estimate of drug-likeness (QED) is 0.457. The Morgan fingerprint density at radius 1 is 0.929 bits per heavy atom. The summed E-state index contributed by atoms with van der Waals surface area (Å²) >= 11 is 3.60. The number of ether oxygens (including phenoxy) is 2. The summed E-state index contributed by atoms with van der Waals surface area (Å²) in [5.41, 5.74) is 5.12. The molecule has 3 nitrogen and oxygen atoms in total. The van der Waals surface area contributed by atoms with Crippen molar-refractivity contribution in [1.82, 2.24) is 0 Å². The van der Waals surface area contributed by atoms with Gasteiger partial charge in [0.05, 0.1) is 7.11 Å². The molecule has 0 unspecified atom stereocenters. The highest BCUT2D eigenvalue weighted by Crippen LogP contribution is 2.34. The summed E-state index contributed by atoms with van der Waals surface area (Å²) in [4.78, 5) is 0. The van der Waals surface area contributed by atoms with Gasteiger partial charge in [-0.15, -0.1) is 0 Å². The van der Waals surface area contributed by atoms with Gasteiger partial charge in [0, 0.05) is 22.3 Å². The second-order valence-corrected chi connectivity index (χ2v) is 7.48. The van der Waals surface area contributed by atoms with Crippen LogP contribution in [0.4, 0.5) is 10.1 Å². The molecule has 0 aliphatic heterocycles. The van der Waals surface area contributed by atoms with Crippen LogP contribution in [0.2, 0.25) is 0 Å². The molecule has 0 bridgehead atoms. The summed E-state index contributed by atoms with van der Waals surface area (Å²) in [5, 5.41) is 3.43. The fourth-order valence-electron chi connectivity index (χ4n) is 2.80. The second-order valence-electron chi connectivity index (χ2n) is 6.63. The van der Waals surface area contributed by atoms with Crippen molar-refractivity contribution in [3.8, 4) is 11.5 Å². The average Bonchev–Trinajstić information content (AvgIpc) is 2.69. The zero-order valence-electron chi connectivity index (χ0n) is 16.2. The molecule has 28 heavy (non-hydrogen) atoms. The van der Waals surface area contributed by atoms with Crippen molar-refractivity contribution in [2.75, 3.05) is 12.4 Å². The Morgan fingerprint density at radius 3 is 2.43 bits per heavy atom. The minimum atomic E-state index is -0.283. The number of halogens is 2. The molecule has 0 saturated carbocycles. The van der Waals surface area contributed by atoms with Crippen LogP contribution in [0, 0.1) is 19.7 Å². The van der Waals surface area contributed by atoms with Gasteiger partial charge in [0.1, 0.15) is 12.4 Å². The van der Waals surface area contributed by atoms with Crippen LogP contribution < -0.4 is 14.8 Å². The Hall–Kier alpha value is -2.53. The molecule has 3 aromatic rings. The van der Waals surface area contributed by atoms with E-state index in [1.165, 1.54) is 17.2 Å². The van der Waals surface area contributed by atoms with Crippen LogP contribution in [0.15, 0.2) is 59.1 Å². The van der Waals surface area contributed by atoms with Gasteiger partial charge < -0.3 is 14.8 Å². The van der Waals surface area contributed by atoms with E-state index in [9.17, 15) is 4.39 Å². The lowest BCUT2D eigenvalue weighted by Gasteiger charge is -2.15. The zero-order valence-corrected chi connectivity index (χ0v) is 17.8. The predicted molar refractivity (Wildman–Crippen MR) is 115 cm³/mol. The van der Waals surface area contributed by atoms with Gasteiger partial charge in [-0.05, 0) is 60.9 Å². The first-order valence-corrected chi connectivity index (χ1v) is 9.81. The zero-order chi connectivity index (χ0) is 20.1. The molecule has 0 radical (unpaired) electrons. The van der Waals surface area contributed by atoms with Crippen molar-refractivity contribution < 1.29 is 13.9 Å². The Kier molecular flexibility index (Phi) is 6.57. The minimum Gasteiger partial charge on any atom is -0.493 e. The molecule has 3 rings (SSSR count). The maximum absolute atomic E-state index is 13.8. The Bertz CT molecular complexity index is 975. The minimum absolute atomic E-state index is 0.135. The number of rotatable bonds is 7.